The predicted molar refractivity (Wildman–Crippen MR) is 63.6 cm³/mol. The zero-order valence-corrected chi connectivity index (χ0v) is 11.0. The molecule has 1 rings (SSSR count). The molecule has 0 aromatic carbocycles. The van der Waals surface area contributed by atoms with Crippen molar-refractivity contribution in [1.82, 2.24) is 9.88 Å². The fraction of sp³-hybridized carbons (Fsp3) is 0.750. The van der Waals surface area contributed by atoms with E-state index in [4.69, 9.17) is 9.52 Å². The van der Waals surface area contributed by atoms with Gasteiger partial charge in [-0.25, -0.2) is 13.8 Å². The summed E-state index contributed by atoms with van der Waals surface area (Å²) in [4.78, 5) is 5.50. The minimum Gasteiger partial charge on any atom is -0.444 e. The molecule has 1 aromatic rings. The number of aliphatic hydroxyl groups excluding tert-OH is 1. The summed E-state index contributed by atoms with van der Waals surface area (Å²) in [5.41, 5.74) is -0.157. The van der Waals surface area contributed by atoms with Crippen molar-refractivity contribution in [3.8, 4) is 0 Å². The van der Waals surface area contributed by atoms with E-state index in [2.05, 4.69) is 4.98 Å². The summed E-state index contributed by atoms with van der Waals surface area (Å²) < 4.78 is 30.2. The van der Waals surface area contributed by atoms with Crippen molar-refractivity contribution >= 4 is 0 Å². The number of hydrogen-bond donors (Lipinski definition) is 1. The molecule has 1 heterocycles. The molecule has 0 saturated carbocycles. The van der Waals surface area contributed by atoms with E-state index >= 15 is 0 Å². The Morgan fingerprint density at radius 3 is 2.56 bits per heavy atom. The summed E-state index contributed by atoms with van der Waals surface area (Å²) in [6, 6.07) is 0. The van der Waals surface area contributed by atoms with Crippen LogP contribution in [0, 0.1) is 0 Å². The Kier molecular flexibility index (Phi) is 5.22. The number of alkyl halides is 2. The maximum atomic E-state index is 12.3. The maximum absolute atomic E-state index is 12.3. The van der Waals surface area contributed by atoms with Crippen LogP contribution in [0.4, 0.5) is 8.78 Å². The summed E-state index contributed by atoms with van der Waals surface area (Å²) in [7, 11) is 0. The average Bonchev–Trinajstić information content (AvgIpc) is 2.64. The minimum atomic E-state index is -2.44. The van der Waals surface area contributed by atoms with E-state index in [1.54, 1.807) is 6.20 Å². The van der Waals surface area contributed by atoms with Crippen LogP contribution in [0.5, 0.6) is 0 Å². The third kappa shape index (κ3) is 4.70. The van der Waals surface area contributed by atoms with Crippen LogP contribution in [0.25, 0.3) is 0 Å². The molecule has 0 radical (unpaired) electrons. The Morgan fingerprint density at radius 2 is 2.11 bits per heavy atom. The van der Waals surface area contributed by atoms with Gasteiger partial charge < -0.3 is 9.52 Å². The molecule has 4 nitrogen and oxygen atoms in total. The Morgan fingerprint density at radius 1 is 1.44 bits per heavy atom. The van der Waals surface area contributed by atoms with Crippen LogP contribution in [0.15, 0.2) is 10.6 Å². The molecule has 0 spiro atoms. The molecule has 104 valence electrons. The monoisotopic (exact) mass is 262 g/mol. The van der Waals surface area contributed by atoms with Crippen molar-refractivity contribution < 1.29 is 18.3 Å². The van der Waals surface area contributed by atoms with E-state index in [9.17, 15) is 8.78 Å². The van der Waals surface area contributed by atoms with Crippen molar-refractivity contribution in [2.45, 2.75) is 39.2 Å². The van der Waals surface area contributed by atoms with Gasteiger partial charge in [-0.3, -0.25) is 4.90 Å². The molecule has 0 unspecified atom stereocenters. The van der Waals surface area contributed by atoms with Gasteiger partial charge in [0.15, 0.2) is 0 Å². The van der Waals surface area contributed by atoms with Crippen molar-refractivity contribution in [2.24, 2.45) is 0 Å². The molecule has 0 atom stereocenters. The lowest BCUT2D eigenvalue weighted by Crippen LogP contribution is -2.31. The Labute approximate surface area is 106 Å². The number of oxazole rings is 1. The highest BCUT2D eigenvalue weighted by atomic mass is 19.3. The molecule has 6 heteroatoms. The Hall–Kier alpha value is -1.01. The summed E-state index contributed by atoms with van der Waals surface area (Å²) in [5, 5.41) is 8.82. The van der Waals surface area contributed by atoms with Crippen LogP contribution < -0.4 is 0 Å². The van der Waals surface area contributed by atoms with Crippen LogP contribution in [0.2, 0.25) is 0 Å². The van der Waals surface area contributed by atoms with Gasteiger partial charge in [0.2, 0.25) is 5.89 Å². The van der Waals surface area contributed by atoms with Crippen LogP contribution in [0.3, 0.4) is 0 Å². The van der Waals surface area contributed by atoms with Gasteiger partial charge in [-0.2, -0.15) is 0 Å². The van der Waals surface area contributed by atoms with E-state index in [0.717, 1.165) is 5.76 Å². The second-order valence-corrected chi connectivity index (χ2v) is 5.22. The molecule has 1 N–H and O–H groups in total. The standard InChI is InChI=1S/C12H20F2N2O2/c1-12(2,3)9-6-15-11(18-9)8-16(4-5-17)7-10(13)14/h6,10,17H,4-5,7-8H2,1-3H3. The van der Waals surface area contributed by atoms with E-state index in [0.29, 0.717) is 5.89 Å². The van der Waals surface area contributed by atoms with Crippen LogP contribution in [-0.4, -0.2) is 41.1 Å². The molecule has 0 fully saturated rings. The first kappa shape index (κ1) is 15.0. The van der Waals surface area contributed by atoms with Gasteiger partial charge >= 0.3 is 0 Å². The molecule has 1 aromatic heterocycles. The summed E-state index contributed by atoms with van der Waals surface area (Å²) in [6.45, 7) is 5.76. The average molecular weight is 262 g/mol. The van der Waals surface area contributed by atoms with Gasteiger partial charge in [-0.1, -0.05) is 20.8 Å². The van der Waals surface area contributed by atoms with E-state index in [1.165, 1.54) is 4.90 Å². The van der Waals surface area contributed by atoms with Crippen molar-refractivity contribution in [3.63, 3.8) is 0 Å². The largest absolute Gasteiger partial charge is 0.444 e. The van der Waals surface area contributed by atoms with E-state index in [-0.39, 0.29) is 25.1 Å². The molecule has 0 aliphatic carbocycles. The molecular formula is C12H20F2N2O2. The lowest BCUT2D eigenvalue weighted by atomic mass is 9.94. The molecule has 0 amide bonds. The second-order valence-electron chi connectivity index (χ2n) is 5.22. The lowest BCUT2D eigenvalue weighted by Gasteiger charge is -2.19. The van der Waals surface area contributed by atoms with Crippen molar-refractivity contribution in [3.05, 3.63) is 17.8 Å². The summed E-state index contributed by atoms with van der Waals surface area (Å²) in [6.07, 6.45) is -0.817. The van der Waals surface area contributed by atoms with Gasteiger partial charge in [-0.15, -0.1) is 0 Å². The fourth-order valence-electron chi connectivity index (χ4n) is 1.49. The highest BCUT2D eigenvalue weighted by molar-refractivity contribution is 5.05. The summed E-state index contributed by atoms with van der Waals surface area (Å²) >= 11 is 0. The van der Waals surface area contributed by atoms with Crippen LogP contribution >= 0.6 is 0 Å². The lowest BCUT2D eigenvalue weighted by molar-refractivity contribution is 0.0699. The molecular weight excluding hydrogens is 242 g/mol. The third-order valence-corrected chi connectivity index (χ3v) is 2.46. The SMILES string of the molecule is CC(C)(C)c1cnc(CN(CCO)CC(F)F)o1. The van der Waals surface area contributed by atoms with Gasteiger partial charge in [0.1, 0.15) is 5.76 Å². The molecule has 18 heavy (non-hydrogen) atoms. The molecule has 0 saturated heterocycles. The number of aliphatic hydroxyl groups is 1. The number of hydrogen-bond acceptors (Lipinski definition) is 4. The molecule has 0 bridgehead atoms. The van der Waals surface area contributed by atoms with Crippen molar-refractivity contribution in [1.29, 1.82) is 0 Å². The summed E-state index contributed by atoms with van der Waals surface area (Å²) in [5.74, 6) is 1.12. The van der Waals surface area contributed by atoms with Crippen LogP contribution in [0.1, 0.15) is 32.4 Å². The Bertz CT molecular complexity index is 361. The highest BCUT2D eigenvalue weighted by Gasteiger charge is 2.20. The number of rotatable bonds is 6. The van der Waals surface area contributed by atoms with Gasteiger partial charge in [0.25, 0.3) is 6.43 Å². The smallest absolute Gasteiger partial charge is 0.251 e. The first-order chi connectivity index (χ1) is 8.32. The van der Waals surface area contributed by atoms with E-state index < -0.39 is 13.0 Å². The number of halogens is 2. The second kappa shape index (κ2) is 6.24. The van der Waals surface area contributed by atoms with Crippen molar-refractivity contribution in [2.75, 3.05) is 19.7 Å². The first-order valence-corrected chi connectivity index (χ1v) is 5.89. The zero-order valence-electron chi connectivity index (χ0n) is 11.0. The van der Waals surface area contributed by atoms with Gasteiger partial charge in [0.05, 0.1) is 25.9 Å². The number of nitrogens with zero attached hydrogens (tertiary/aromatic N) is 2. The third-order valence-electron chi connectivity index (χ3n) is 2.46. The minimum absolute atomic E-state index is 0.157. The van der Waals surface area contributed by atoms with E-state index in [1.807, 2.05) is 20.8 Å². The topological polar surface area (TPSA) is 49.5 Å². The quantitative estimate of drug-likeness (QED) is 0.852. The highest BCUT2D eigenvalue weighted by Crippen LogP contribution is 2.23. The fourth-order valence-corrected chi connectivity index (χ4v) is 1.49. The van der Waals surface area contributed by atoms with Crippen LogP contribution in [-0.2, 0) is 12.0 Å². The molecule has 0 aliphatic rings. The predicted octanol–water partition coefficient (Wildman–Crippen LogP) is 2.03. The Balaban J connectivity index is 2.66. The van der Waals surface area contributed by atoms with Gasteiger partial charge in [0, 0.05) is 12.0 Å². The zero-order chi connectivity index (χ0) is 13.8. The molecule has 0 aliphatic heterocycles. The normalized spacial score (nSPS) is 12.7. The van der Waals surface area contributed by atoms with Gasteiger partial charge in [-0.05, 0) is 0 Å². The maximum Gasteiger partial charge on any atom is 0.251 e. The first-order valence-electron chi connectivity index (χ1n) is 5.89. The number of aromatic nitrogens is 1.